The fourth-order valence-electron chi connectivity index (χ4n) is 6.33. The molecule has 240 valence electrons. The zero-order chi connectivity index (χ0) is 31.9. The predicted molar refractivity (Wildman–Crippen MR) is 164 cm³/mol. The number of allylic oxidation sites excluding steroid dienone is 5. The van der Waals surface area contributed by atoms with E-state index in [1.165, 1.54) is 7.11 Å². The molecule has 0 aromatic carbocycles. The molecule has 2 heterocycles. The molecule has 0 aromatic rings. The Balaban J connectivity index is 2.47. The highest BCUT2D eigenvalue weighted by Crippen LogP contribution is 2.40. The van der Waals surface area contributed by atoms with Crippen molar-refractivity contribution in [3.05, 3.63) is 47.1 Å². The van der Waals surface area contributed by atoms with Gasteiger partial charge in [-0.3, -0.25) is 0 Å². The lowest BCUT2D eigenvalue weighted by Crippen LogP contribution is -2.58. The Labute approximate surface area is 253 Å². The van der Waals surface area contributed by atoms with Crippen LogP contribution in [0.15, 0.2) is 47.1 Å². The molecule has 0 radical (unpaired) electrons. The average Bonchev–Trinajstić information content (AvgIpc) is 2.93. The molecule has 2 aliphatic rings. The quantitative estimate of drug-likeness (QED) is 0.322. The van der Waals surface area contributed by atoms with E-state index in [0.717, 1.165) is 11.1 Å². The molecule has 2 aliphatic heterocycles. The van der Waals surface area contributed by atoms with Crippen molar-refractivity contribution in [2.45, 2.75) is 124 Å². The van der Waals surface area contributed by atoms with E-state index in [0.29, 0.717) is 18.4 Å². The molecule has 0 aliphatic carbocycles. The molecular weight excluding hydrogens is 536 g/mol. The van der Waals surface area contributed by atoms with Crippen molar-refractivity contribution in [3.63, 3.8) is 0 Å². The van der Waals surface area contributed by atoms with Crippen LogP contribution in [0.1, 0.15) is 81.6 Å². The summed E-state index contributed by atoms with van der Waals surface area (Å²) in [6.45, 7) is 16.8. The number of methoxy groups -OCH3 is 1. The average molecular weight is 593 g/mol. The molecule has 12 atom stereocenters. The number of rotatable bonds is 6. The lowest BCUT2D eigenvalue weighted by Gasteiger charge is -2.48. The first kappa shape index (κ1) is 36.4. The summed E-state index contributed by atoms with van der Waals surface area (Å²) in [5.74, 6) is -4.02. The van der Waals surface area contributed by atoms with Gasteiger partial charge in [-0.2, -0.15) is 0 Å². The van der Waals surface area contributed by atoms with Crippen LogP contribution in [0.2, 0.25) is 0 Å². The highest BCUT2D eigenvalue weighted by atomic mass is 16.6. The number of esters is 1. The summed E-state index contributed by atoms with van der Waals surface area (Å²) in [7, 11) is 1.52. The molecule has 2 rings (SSSR count). The second-order valence-corrected chi connectivity index (χ2v) is 12.9. The molecule has 42 heavy (non-hydrogen) atoms. The lowest BCUT2D eigenvalue weighted by molar-refractivity contribution is -0.322. The Morgan fingerprint density at radius 3 is 2.38 bits per heavy atom. The molecule has 12 unspecified atom stereocenters. The minimum Gasteiger partial charge on any atom is -0.456 e. The maximum Gasteiger partial charge on any atom is 0.334 e. The van der Waals surface area contributed by atoms with Crippen LogP contribution < -0.4 is 0 Å². The van der Waals surface area contributed by atoms with E-state index in [1.54, 1.807) is 32.9 Å². The number of hydrogen-bond donors (Lipinski definition) is 4. The monoisotopic (exact) mass is 592 g/mol. The molecule has 1 saturated heterocycles. The number of aliphatic hydroxyl groups excluding tert-OH is 3. The van der Waals surface area contributed by atoms with Crippen LogP contribution in [0.25, 0.3) is 0 Å². The largest absolute Gasteiger partial charge is 0.456 e. The van der Waals surface area contributed by atoms with E-state index < -0.39 is 54.1 Å². The standard InChI is InChI=1S/C34H56O8/c1-11-28-24(7)27(35)18-34(39,42-28)26(9)31(37)25(8)32-29(40-10)14-12-13-19(2)15-21(4)30(36)22(5)16-20(3)17-23(6)33(38)41-32/h12-14,16-17,21-22,24-32,35-37,39H,11,15,18H2,1-10H3/b14-12-,19-13-,20-16-,23-17-. The molecule has 8 heteroatoms. The molecule has 4 N–H and O–H groups in total. The summed E-state index contributed by atoms with van der Waals surface area (Å²) in [4.78, 5) is 13.3. The van der Waals surface area contributed by atoms with Gasteiger partial charge >= 0.3 is 5.97 Å². The number of carbonyl (C=O) groups excluding carboxylic acids is 1. The van der Waals surface area contributed by atoms with Crippen molar-refractivity contribution in [2.75, 3.05) is 7.11 Å². The maximum absolute atomic E-state index is 13.3. The van der Waals surface area contributed by atoms with Gasteiger partial charge in [-0.1, -0.05) is 77.0 Å². The fraction of sp³-hybridized carbons (Fsp3) is 0.735. The van der Waals surface area contributed by atoms with E-state index in [9.17, 15) is 25.2 Å². The van der Waals surface area contributed by atoms with Gasteiger partial charge in [0, 0.05) is 42.8 Å². The van der Waals surface area contributed by atoms with Crippen molar-refractivity contribution < 1.29 is 39.4 Å². The van der Waals surface area contributed by atoms with Crippen LogP contribution in [0.3, 0.4) is 0 Å². The minimum absolute atomic E-state index is 0.0286. The third-order valence-corrected chi connectivity index (χ3v) is 9.31. The van der Waals surface area contributed by atoms with E-state index in [4.69, 9.17) is 14.2 Å². The number of hydrogen-bond acceptors (Lipinski definition) is 8. The van der Waals surface area contributed by atoms with Gasteiger partial charge in [-0.15, -0.1) is 0 Å². The maximum atomic E-state index is 13.3. The third-order valence-electron chi connectivity index (χ3n) is 9.31. The van der Waals surface area contributed by atoms with Gasteiger partial charge in [-0.05, 0) is 45.6 Å². The van der Waals surface area contributed by atoms with Crippen LogP contribution in [-0.4, -0.2) is 75.9 Å². The Morgan fingerprint density at radius 2 is 1.79 bits per heavy atom. The predicted octanol–water partition coefficient (Wildman–Crippen LogP) is 4.86. The van der Waals surface area contributed by atoms with Crippen LogP contribution in [0.4, 0.5) is 0 Å². The van der Waals surface area contributed by atoms with Crippen LogP contribution in [0, 0.1) is 29.6 Å². The SMILES string of the molecule is CCC1OC(O)(C(C)C(O)C(C)C2OC(=O)/C(C)=C\C(C)=C/C(C)C(O)C(C)C/C(C)=C\C=C/C2OC)CC(O)C1C. The van der Waals surface area contributed by atoms with Gasteiger partial charge in [0.1, 0.15) is 12.2 Å². The number of carbonyl (C=O) groups is 1. The lowest BCUT2D eigenvalue weighted by atomic mass is 9.77. The molecule has 1 fully saturated rings. The first-order valence-electron chi connectivity index (χ1n) is 15.4. The van der Waals surface area contributed by atoms with E-state index in [1.807, 2.05) is 59.8 Å². The number of aliphatic hydroxyl groups is 4. The summed E-state index contributed by atoms with van der Waals surface area (Å²) in [6, 6.07) is 0. The van der Waals surface area contributed by atoms with Gasteiger partial charge in [0.05, 0.1) is 24.4 Å². The topological polar surface area (TPSA) is 126 Å². The highest BCUT2D eigenvalue weighted by molar-refractivity contribution is 5.88. The van der Waals surface area contributed by atoms with E-state index in [2.05, 4.69) is 0 Å². The van der Waals surface area contributed by atoms with Gasteiger partial charge in [-0.25, -0.2) is 4.79 Å². The first-order valence-corrected chi connectivity index (χ1v) is 15.4. The smallest absolute Gasteiger partial charge is 0.334 e. The highest BCUT2D eigenvalue weighted by Gasteiger charge is 2.50. The van der Waals surface area contributed by atoms with Gasteiger partial charge < -0.3 is 34.6 Å². The summed E-state index contributed by atoms with van der Waals surface area (Å²) in [5, 5.41) is 44.6. The fourth-order valence-corrected chi connectivity index (χ4v) is 6.33. The van der Waals surface area contributed by atoms with E-state index >= 15 is 0 Å². The summed E-state index contributed by atoms with van der Waals surface area (Å²) in [6.07, 6.45) is 6.13. The second-order valence-electron chi connectivity index (χ2n) is 12.9. The number of cyclic esters (lactones) is 1. The Hall–Kier alpha value is -1.81. The van der Waals surface area contributed by atoms with Crippen molar-refractivity contribution in [1.29, 1.82) is 0 Å². The van der Waals surface area contributed by atoms with Crippen molar-refractivity contribution >= 4 is 5.97 Å². The Kier molecular flexibility index (Phi) is 13.7. The van der Waals surface area contributed by atoms with Crippen molar-refractivity contribution in [1.82, 2.24) is 0 Å². The van der Waals surface area contributed by atoms with Crippen LogP contribution in [0.5, 0.6) is 0 Å². The molecule has 0 spiro atoms. The number of ether oxygens (including phenoxy) is 3. The summed E-state index contributed by atoms with van der Waals surface area (Å²) < 4.78 is 17.9. The van der Waals surface area contributed by atoms with Crippen LogP contribution >= 0.6 is 0 Å². The zero-order valence-corrected chi connectivity index (χ0v) is 27.3. The Bertz CT molecular complexity index is 1020. The van der Waals surface area contributed by atoms with Crippen molar-refractivity contribution in [3.8, 4) is 0 Å². The molecular formula is C34H56O8. The van der Waals surface area contributed by atoms with Gasteiger partial charge in [0.25, 0.3) is 0 Å². The normalized spacial score (nSPS) is 42.5. The van der Waals surface area contributed by atoms with Gasteiger partial charge in [0.15, 0.2) is 5.79 Å². The van der Waals surface area contributed by atoms with E-state index in [-0.39, 0.29) is 30.3 Å². The second kappa shape index (κ2) is 15.8. The zero-order valence-electron chi connectivity index (χ0n) is 27.3. The molecule has 0 bridgehead atoms. The summed E-state index contributed by atoms with van der Waals surface area (Å²) in [5.41, 5.74) is 2.28. The molecule has 0 amide bonds. The third kappa shape index (κ3) is 9.10. The minimum atomic E-state index is -1.75. The van der Waals surface area contributed by atoms with Crippen molar-refractivity contribution in [2.24, 2.45) is 29.6 Å². The molecule has 0 saturated carbocycles. The van der Waals surface area contributed by atoms with Gasteiger partial charge in [0.2, 0.25) is 0 Å². The first-order chi connectivity index (χ1) is 19.6. The Morgan fingerprint density at radius 1 is 1.14 bits per heavy atom. The molecule has 0 aromatic heterocycles. The summed E-state index contributed by atoms with van der Waals surface area (Å²) >= 11 is 0. The molecule has 8 nitrogen and oxygen atoms in total. The van der Waals surface area contributed by atoms with Crippen LogP contribution in [-0.2, 0) is 19.0 Å².